The molecule has 2 aliphatic rings. The minimum Gasteiger partial charge on any atom is -0.489 e. The van der Waals surface area contributed by atoms with Crippen LogP contribution in [-0.4, -0.2) is 52.1 Å². The van der Waals surface area contributed by atoms with Gasteiger partial charge in [-0.3, -0.25) is 4.79 Å². The highest BCUT2D eigenvalue weighted by Gasteiger charge is 2.20. The van der Waals surface area contributed by atoms with E-state index in [1.807, 2.05) is 36.4 Å². The highest BCUT2D eigenvalue weighted by Crippen LogP contribution is 2.29. The van der Waals surface area contributed by atoms with Gasteiger partial charge in [-0.1, -0.05) is 30.3 Å². The summed E-state index contributed by atoms with van der Waals surface area (Å²) in [6.45, 7) is 4.85. The summed E-state index contributed by atoms with van der Waals surface area (Å²) in [6, 6.07) is 15.5. The number of anilines is 3. The Morgan fingerprint density at radius 3 is 2.66 bits per heavy atom. The van der Waals surface area contributed by atoms with E-state index in [0.29, 0.717) is 54.7 Å². The molecule has 2 aromatic heterocycles. The van der Waals surface area contributed by atoms with Crippen LogP contribution in [0, 0.1) is 0 Å². The highest BCUT2D eigenvalue weighted by molar-refractivity contribution is 5.94. The molecule has 10 heteroatoms. The monoisotopic (exact) mass is 471 g/mol. The van der Waals surface area contributed by atoms with Gasteiger partial charge in [0.25, 0.3) is 0 Å². The van der Waals surface area contributed by atoms with Gasteiger partial charge in [-0.2, -0.15) is 9.97 Å². The molecule has 10 nitrogen and oxygen atoms in total. The summed E-state index contributed by atoms with van der Waals surface area (Å²) in [6.07, 6.45) is 1.62. The van der Waals surface area contributed by atoms with E-state index in [9.17, 15) is 4.79 Å². The van der Waals surface area contributed by atoms with Crippen molar-refractivity contribution in [3.8, 4) is 17.0 Å². The maximum atomic E-state index is 11.5. The predicted octanol–water partition coefficient (Wildman–Crippen LogP) is 3.04. The van der Waals surface area contributed by atoms with Gasteiger partial charge in [-0.25, -0.2) is 9.97 Å². The standard InChI is InChI=1S/C18H19N7O2.C7H6O/c1-11(26)21-13-5-3-2-4-12(13)14-10-20-16-15(22-14)17(24-18(19)23-16)25-6-8-27-9-7-25;1-2-6-4-7(3-1)8-5-6/h2-5,10H,6-9H2,1H3,(H,21,26)(H2,19,20,23,24);1-4H,5H2. The van der Waals surface area contributed by atoms with E-state index in [0.717, 1.165) is 17.9 Å². The zero-order valence-corrected chi connectivity index (χ0v) is 19.3. The zero-order chi connectivity index (χ0) is 24.2. The Hall–Kier alpha value is -4.31. The number of nitrogen functional groups attached to an aromatic ring is 1. The molecule has 178 valence electrons. The molecular formula is C25H25N7O3. The van der Waals surface area contributed by atoms with Crippen molar-refractivity contribution >= 4 is 34.5 Å². The van der Waals surface area contributed by atoms with Gasteiger partial charge in [0.05, 0.1) is 30.8 Å². The number of hydrogen-bond acceptors (Lipinski definition) is 9. The third-order valence-electron chi connectivity index (χ3n) is 5.53. The summed E-state index contributed by atoms with van der Waals surface area (Å²) in [5.41, 5.74) is 10.2. The Bertz CT molecular complexity index is 1350. The maximum Gasteiger partial charge on any atom is 0.224 e. The molecule has 0 radical (unpaired) electrons. The largest absolute Gasteiger partial charge is 0.489 e. The number of nitrogens with zero attached hydrogens (tertiary/aromatic N) is 5. The lowest BCUT2D eigenvalue weighted by molar-refractivity contribution is -0.114. The summed E-state index contributed by atoms with van der Waals surface area (Å²) in [4.78, 5) is 31.4. The molecule has 1 saturated heterocycles. The van der Waals surface area contributed by atoms with Gasteiger partial charge in [0.2, 0.25) is 11.9 Å². The van der Waals surface area contributed by atoms with Gasteiger partial charge in [-0.05, 0) is 23.8 Å². The van der Waals surface area contributed by atoms with E-state index >= 15 is 0 Å². The first kappa shape index (κ1) is 22.5. The van der Waals surface area contributed by atoms with Crippen molar-refractivity contribution in [2.24, 2.45) is 0 Å². The van der Waals surface area contributed by atoms with E-state index in [-0.39, 0.29) is 11.9 Å². The number of morpholine rings is 1. The number of benzene rings is 2. The Labute approximate surface area is 202 Å². The number of ether oxygens (including phenoxy) is 2. The van der Waals surface area contributed by atoms with Crippen molar-refractivity contribution < 1.29 is 14.3 Å². The zero-order valence-electron chi connectivity index (χ0n) is 19.3. The van der Waals surface area contributed by atoms with Crippen LogP contribution in [0.4, 0.5) is 17.5 Å². The maximum absolute atomic E-state index is 11.5. The second kappa shape index (κ2) is 9.90. The average Bonchev–Trinajstić information content (AvgIpc) is 3.21. The molecule has 4 aromatic rings. The Morgan fingerprint density at radius 1 is 1.06 bits per heavy atom. The Morgan fingerprint density at radius 2 is 1.89 bits per heavy atom. The van der Waals surface area contributed by atoms with Crippen molar-refractivity contribution in [3.63, 3.8) is 0 Å². The highest BCUT2D eigenvalue weighted by atomic mass is 16.5. The van der Waals surface area contributed by atoms with E-state index in [4.69, 9.17) is 20.2 Å². The molecule has 1 fully saturated rings. The summed E-state index contributed by atoms with van der Waals surface area (Å²) in [5, 5.41) is 2.82. The number of nitrogens with two attached hydrogens (primary N) is 1. The quantitative estimate of drug-likeness (QED) is 0.463. The lowest BCUT2D eigenvalue weighted by Crippen LogP contribution is -2.37. The van der Waals surface area contributed by atoms with Crippen LogP contribution in [0.3, 0.4) is 0 Å². The van der Waals surface area contributed by atoms with Crippen LogP contribution in [0.1, 0.15) is 12.5 Å². The SMILES string of the molecule is CC(=O)Nc1ccccc1-c1cnc2nc(N)nc(N3CCOCC3)c2n1.c1cc2cc(c1)OC2. The number of rotatable bonds is 3. The summed E-state index contributed by atoms with van der Waals surface area (Å²) >= 11 is 0. The molecule has 6 rings (SSSR count). The number of nitrogens with one attached hydrogen (secondary N) is 1. The van der Waals surface area contributed by atoms with Crippen LogP contribution >= 0.6 is 0 Å². The molecule has 0 aliphatic carbocycles. The number of carbonyl (C=O) groups is 1. The van der Waals surface area contributed by atoms with E-state index in [2.05, 4.69) is 37.3 Å². The van der Waals surface area contributed by atoms with Crippen LogP contribution in [0.2, 0.25) is 0 Å². The first-order valence-electron chi connectivity index (χ1n) is 11.3. The normalized spacial score (nSPS) is 14.1. The average molecular weight is 472 g/mol. The van der Waals surface area contributed by atoms with Gasteiger partial charge < -0.3 is 25.4 Å². The molecule has 3 N–H and O–H groups in total. The molecule has 0 spiro atoms. The second-order valence-electron chi connectivity index (χ2n) is 8.10. The van der Waals surface area contributed by atoms with Gasteiger partial charge in [0.15, 0.2) is 17.0 Å². The Kier molecular flexibility index (Phi) is 6.36. The smallest absolute Gasteiger partial charge is 0.224 e. The van der Waals surface area contributed by atoms with Crippen molar-refractivity contribution in [1.29, 1.82) is 0 Å². The fraction of sp³-hybridized carbons (Fsp3) is 0.240. The summed E-state index contributed by atoms with van der Waals surface area (Å²) in [7, 11) is 0. The first-order valence-corrected chi connectivity index (χ1v) is 11.3. The molecule has 0 unspecified atom stereocenters. The fourth-order valence-corrected chi connectivity index (χ4v) is 3.93. The third kappa shape index (κ3) is 5.12. The van der Waals surface area contributed by atoms with Crippen molar-refractivity contribution in [3.05, 3.63) is 60.3 Å². The van der Waals surface area contributed by atoms with E-state index in [1.165, 1.54) is 12.5 Å². The number of amides is 1. The van der Waals surface area contributed by atoms with Crippen LogP contribution in [-0.2, 0) is 16.1 Å². The molecule has 2 aliphatic heterocycles. The minimum absolute atomic E-state index is 0.152. The molecule has 35 heavy (non-hydrogen) atoms. The lowest BCUT2D eigenvalue weighted by atomic mass is 10.1. The summed E-state index contributed by atoms with van der Waals surface area (Å²) in [5.74, 6) is 1.65. The van der Waals surface area contributed by atoms with Crippen LogP contribution in [0.25, 0.3) is 22.4 Å². The number of hydrogen-bond donors (Lipinski definition) is 2. The van der Waals surface area contributed by atoms with Crippen molar-refractivity contribution in [2.75, 3.05) is 42.3 Å². The predicted molar refractivity (Wildman–Crippen MR) is 133 cm³/mol. The van der Waals surface area contributed by atoms with Gasteiger partial charge in [0, 0.05) is 25.6 Å². The summed E-state index contributed by atoms with van der Waals surface area (Å²) < 4.78 is 10.6. The number of fused-ring (bicyclic) bond motifs is 3. The Balaban J connectivity index is 0.000000265. The molecule has 2 bridgehead atoms. The number of aromatic nitrogens is 4. The molecule has 4 heterocycles. The third-order valence-corrected chi connectivity index (χ3v) is 5.53. The van der Waals surface area contributed by atoms with Crippen LogP contribution in [0.15, 0.2) is 54.7 Å². The topological polar surface area (TPSA) is 128 Å². The van der Waals surface area contributed by atoms with E-state index in [1.54, 1.807) is 6.20 Å². The minimum atomic E-state index is -0.152. The first-order chi connectivity index (χ1) is 17.1. The molecule has 0 saturated carbocycles. The van der Waals surface area contributed by atoms with Crippen LogP contribution in [0.5, 0.6) is 5.75 Å². The van der Waals surface area contributed by atoms with Crippen molar-refractivity contribution in [2.45, 2.75) is 13.5 Å². The number of para-hydroxylation sites is 1. The second-order valence-corrected chi connectivity index (χ2v) is 8.10. The van der Waals surface area contributed by atoms with Gasteiger partial charge >= 0.3 is 0 Å². The fourth-order valence-electron chi connectivity index (χ4n) is 3.93. The lowest BCUT2D eigenvalue weighted by Gasteiger charge is -2.28. The molecule has 0 atom stereocenters. The molecule has 1 amide bonds. The van der Waals surface area contributed by atoms with Crippen LogP contribution < -0.4 is 20.7 Å². The number of carbonyl (C=O) groups excluding carboxylic acids is 1. The van der Waals surface area contributed by atoms with Gasteiger partial charge in [-0.15, -0.1) is 0 Å². The van der Waals surface area contributed by atoms with Gasteiger partial charge in [0.1, 0.15) is 12.4 Å². The van der Waals surface area contributed by atoms with Crippen molar-refractivity contribution in [1.82, 2.24) is 19.9 Å². The molecular weight excluding hydrogens is 446 g/mol. The molecule has 2 aromatic carbocycles. The van der Waals surface area contributed by atoms with E-state index < -0.39 is 0 Å².